The topological polar surface area (TPSA) is 0 Å². The zero-order valence-corrected chi connectivity index (χ0v) is 5.78. The van der Waals surface area contributed by atoms with Gasteiger partial charge in [-0.1, -0.05) is 26.2 Å². The summed E-state index contributed by atoms with van der Waals surface area (Å²) in [5, 5.41) is 0. The molecule has 0 spiro atoms. The maximum atomic E-state index is 3.65. The minimum absolute atomic E-state index is 0.819. The first-order valence-corrected chi connectivity index (χ1v) is 3.59. The van der Waals surface area contributed by atoms with Crippen LogP contribution in [0.15, 0.2) is 0 Å². The van der Waals surface area contributed by atoms with Crippen LogP contribution in [0.5, 0.6) is 0 Å². The molecule has 0 aromatic carbocycles. The van der Waals surface area contributed by atoms with Gasteiger partial charge in [0.1, 0.15) is 0 Å². The summed E-state index contributed by atoms with van der Waals surface area (Å²) >= 11 is 0. The Kier molecular flexibility index (Phi) is 1.52. The Morgan fingerprint density at radius 1 is 1.43 bits per heavy atom. The monoisotopic (exact) mass is 111 g/mol. The first kappa shape index (κ1) is 5.36. The van der Waals surface area contributed by atoms with Crippen molar-refractivity contribution in [2.24, 2.45) is 5.92 Å². The molecular formula is C6H11Si. The van der Waals surface area contributed by atoms with Crippen LogP contribution in [0.4, 0.5) is 0 Å². The molecule has 0 aromatic rings. The molecule has 0 aromatic heterocycles. The zero-order valence-electron chi connectivity index (χ0n) is 4.78. The molecular weight excluding hydrogens is 100 g/mol. The molecule has 0 bridgehead atoms. The highest BCUT2D eigenvalue weighted by atomic mass is 28.1. The Labute approximate surface area is 48.7 Å². The molecule has 7 heavy (non-hydrogen) atoms. The van der Waals surface area contributed by atoms with Gasteiger partial charge in [-0.2, -0.15) is 0 Å². The van der Waals surface area contributed by atoms with Crippen LogP contribution in [-0.2, 0) is 0 Å². The van der Waals surface area contributed by atoms with Crippen LogP contribution in [0, 0.1) is 5.92 Å². The molecule has 1 heteroatoms. The molecule has 1 fully saturated rings. The summed E-state index contributed by atoms with van der Waals surface area (Å²) in [6.45, 7) is 2.31. The number of hydrogen-bond donors (Lipinski definition) is 0. The highest BCUT2D eigenvalue weighted by Gasteiger charge is 2.17. The highest BCUT2D eigenvalue weighted by molar-refractivity contribution is 6.11. The average Bonchev–Trinajstić information content (AvgIpc) is 1.91. The lowest BCUT2D eigenvalue weighted by molar-refractivity contribution is 0.611. The molecule has 3 radical (unpaired) electrons. The van der Waals surface area contributed by atoms with Gasteiger partial charge in [0.15, 0.2) is 0 Å². The summed E-state index contributed by atoms with van der Waals surface area (Å²) in [4.78, 5) is 0. The predicted octanol–water partition coefficient (Wildman–Crippen LogP) is 1.76. The second-order valence-corrected chi connectivity index (χ2v) is 3.26. The normalized spacial score (nSPS) is 42.0. The molecule has 0 N–H and O–H groups in total. The van der Waals surface area contributed by atoms with E-state index in [0.717, 1.165) is 11.5 Å². The molecule has 1 rings (SSSR count). The van der Waals surface area contributed by atoms with Crippen molar-refractivity contribution >= 4 is 10.2 Å². The molecule has 1 saturated carbocycles. The summed E-state index contributed by atoms with van der Waals surface area (Å²) in [7, 11) is 3.65. The van der Waals surface area contributed by atoms with E-state index < -0.39 is 0 Å². The van der Waals surface area contributed by atoms with Gasteiger partial charge in [0.05, 0.1) is 0 Å². The maximum Gasteiger partial charge on any atom is 0.0269 e. The van der Waals surface area contributed by atoms with E-state index in [4.69, 9.17) is 0 Å². The van der Waals surface area contributed by atoms with Gasteiger partial charge in [-0.25, -0.2) is 0 Å². The van der Waals surface area contributed by atoms with Crippen LogP contribution in [-0.4, -0.2) is 10.2 Å². The van der Waals surface area contributed by atoms with Gasteiger partial charge >= 0.3 is 0 Å². The van der Waals surface area contributed by atoms with Gasteiger partial charge in [-0.05, 0) is 11.5 Å². The summed E-state index contributed by atoms with van der Waals surface area (Å²) < 4.78 is 0. The van der Waals surface area contributed by atoms with E-state index in [1.807, 2.05) is 0 Å². The van der Waals surface area contributed by atoms with E-state index in [2.05, 4.69) is 17.2 Å². The Hall–Kier alpha value is 0.217. The van der Waals surface area contributed by atoms with Crippen LogP contribution in [0.25, 0.3) is 0 Å². The number of rotatable bonds is 0. The van der Waals surface area contributed by atoms with E-state index in [1.54, 1.807) is 0 Å². The third-order valence-electron chi connectivity index (χ3n) is 1.86. The molecule has 0 saturated heterocycles. The molecule has 0 heterocycles. The van der Waals surface area contributed by atoms with Crippen LogP contribution in [0.1, 0.15) is 26.2 Å². The Morgan fingerprint density at radius 3 is 2.29 bits per heavy atom. The lowest BCUT2D eigenvalue weighted by Gasteiger charge is -2.04. The lowest BCUT2D eigenvalue weighted by atomic mass is 10.1. The molecule has 39 valence electrons. The smallest absolute Gasteiger partial charge is 0.0269 e. The second kappa shape index (κ2) is 1.99. The number of hydrogen-bond acceptors (Lipinski definition) is 0. The van der Waals surface area contributed by atoms with E-state index >= 15 is 0 Å². The van der Waals surface area contributed by atoms with Gasteiger partial charge in [-0.15, -0.1) is 0 Å². The molecule has 1 aliphatic rings. The van der Waals surface area contributed by atoms with Crippen molar-refractivity contribution in [3.63, 3.8) is 0 Å². The third-order valence-corrected chi connectivity index (χ3v) is 2.72. The van der Waals surface area contributed by atoms with Crippen LogP contribution in [0.3, 0.4) is 0 Å². The Morgan fingerprint density at radius 2 is 2.14 bits per heavy atom. The predicted molar refractivity (Wildman–Crippen MR) is 32.5 cm³/mol. The Bertz CT molecular complexity index is 53.2. The summed E-state index contributed by atoms with van der Waals surface area (Å²) in [5.74, 6) is 0.927. The first-order chi connectivity index (χ1) is 3.30. The fourth-order valence-corrected chi connectivity index (χ4v) is 1.52. The van der Waals surface area contributed by atoms with Gasteiger partial charge < -0.3 is 0 Å². The standard InChI is InChI=1S/C6H11Si/c1-5-3-2-4-6(5)7/h5-6H,2-4H2,1H3. The van der Waals surface area contributed by atoms with Crippen molar-refractivity contribution in [1.29, 1.82) is 0 Å². The molecule has 0 aliphatic heterocycles. The average molecular weight is 111 g/mol. The largest absolute Gasteiger partial charge is 0.0625 e. The fraction of sp³-hybridized carbons (Fsp3) is 1.00. The van der Waals surface area contributed by atoms with Gasteiger partial charge in [0.25, 0.3) is 0 Å². The minimum Gasteiger partial charge on any atom is -0.0625 e. The quantitative estimate of drug-likeness (QED) is 0.418. The van der Waals surface area contributed by atoms with Crippen molar-refractivity contribution in [3.8, 4) is 0 Å². The molecule has 0 amide bonds. The fourth-order valence-electron chi connectivity index (χ4n) is 1.15. The summed E-state index contributed by atoms with van der Waals surface area (Å²) in [5.41, 5.74) is 0.819. The van der Waals surface area contributed by atoms with E-state index in [-0.39, 0.29) is 0 Å². The van der Waals surface area contributed by atoms with Gasteiger partial charge in [-0.3, -0.25) is 0 Å². The van der Waals surface area contributed by atoms with Gasteiger partial charge in [0, 0.05) is 10.2 Å². The van der Waals surface area contributed by atoms with Gasteiger partial charge in [0.2, 0.25) is 0 Å². The van der Waals surface area contributed by atoms with Crippen LogP contribution < -0.4 is 0 Å². The maximum absolute atomic E-state index is 3.65. The zero-order chi connectivity index (χ0) is 5.28. The van der Waals surface area contributed by atoms with Crippen molar-refractivity contribution in [1.82, 2.24) is 0 Å². The summed E-state index contributed by atoms with van der Waals surface area (Å²) in [6.07, 6.45) is 4.24. The molecule has 0 nitrogen and oxygen atoms in total. The van der Waals surface area contributed by atoms with Crippen molar-refractivity contribution in [2.45, 2.75) is 31.7 Å². The van der Waals surface area contributed by atoms with Crippen LogP contribution in [0.2, 0.25) is 5.54 Å². The highest BCUT2D eigenvalue weighted by Crippen LogP contribution is 2.32. The van der Waals surface area contributed by atoms with Crippen molar-refractivity contribution < 1.29 is 0 Å². The van der Waals surface area contributed by atoms with Crippen molar-refractivity contribution in [3.05, 3.63) is 0 Å². The summed E-state index contributed by atoms with van der Waals surface area (Å²) in [6, 6.07) is 0. The van der Waals surface area contributed by atoms with E-state index in [0.29, 0.717) is 0 Å². The minimum atomic E-state index is 0.819. The SMILES string of the molecule is CC1CCCC1[Si]. The van der Waals surface area contributed by atoms with E-state index in [9.17, 15) is 0 Å². The third kappa shape index (κ3) is 1.06. The Balaban J connectivity index is 2.33. The molecule has 2 atom stereocenters. The lowest BCUT2D eigenvalue weighted by Crippen LogP contribution is -1.93. The van der Waals surface area contributed by atoms with Crippen molar-refractivity contribution in [2.75, 3.05) is 0 Å². The van der Waals surface area contributed by atoms with Crippen LogP contribution >= 0.6 is 0 Å². The molecule has 1 aliphatic carbocycles. The first-order valence-electron chi connectivity index (χ1n) is 3.02. The second-order valence-electron chi connectivity index (χ2n) is 2.51. The van der Waals surface area contributed by atoms with E-state index in [1.165, 1.54) is 19.3 Å². The molecule has 2 unspecified atom stereocenters.